The van der Waals surface area contributed by atoms with Gasteiger partial charge in [-0.25, -0.2) is 0 Å². The molecule has 1 aromatic heterocycles. The Balaban J connectivity index is 1.68. The van der Waals surface area contributed by atoms with Gasteiger partial charge in [0.15, 0.2) is 6.61 Å². The van der Waals surface area contributed by atoms with E-state index in [1.165, 1.54) is 29.5 Å². The number of anilines is 1. The number of aryl methyl sites for hydroxylation is 1. The van der Waals surface area contributed by atoms with Crippen molar-refractivity contribution in [3.63, 3.8) is 0 Å². The first-order valence-electron chi connectivity index (χ1n) is 7.59. The highest BCUT2D eigenvalue weighted by molar-refractivity contribution is 7.15. The van der Waals surface area contributed by atoms with Crippen LogP contribution in [0.2, 0.25) is 10.0 Å². The van der Waals surface area contributed by atoms with E-state index in [-0.39, 0.29) is 29.3 Å². The fraction of sp³-hybridized carbons (Fsp3) is 0.312. The lowest BCUT2D eigenvalue weighted by Crippen LogP contribution is -2.15. The lowest BCUT2D eigenvalue weighted by molar-refractivity contribution is -0.142. The number of carbonyl (C=O) groups excluding carboxylic acids is 3. The van der Waals surface area contributed by atoms with Crippen molar-refractivity contribution in [1.29, 1.82) is 0 Å². The molecule has 0 radical (unpaired) electrons. The monoisotopic (exact) mass is 415 g/mol. The van der Waals surface area contributed by atoms with E-state index in [0.717, 1.165) is 5.01 Å². The quantitative estimate of drug-likeness (QED) is 0.521. The third-order valence-corrected chi connectivity index (χ3v) is 4.45. The molecule has 1 amide bonds. The number of Topliss-reactive ketones (excluding diaryl/α,β-unsaturated/α-hetero) is 1. The number of rotatable bonds is 8. The molecule has 1 aromatic carbocycles. The molecule has 0 aliphatic heterocycles. The first-order chi connectivity index (χ1) is 12.3. The predicted octanol–water partition coefficient (Wildman–Crippen LogP) is 3.69. The molecular formula is C16H15Cl2N3O4S. The molecule has 10 heteroatoms. The number of esters is 1. The van der Waals surface area contributed by atoms with Gasteiger partial charge >= 0.3 is 5.97 Å². The number of amides is 1. The Labute approximate surface area is 163 Å². The van der Waals surface area contributed by atoms with Gasteiger partial charge < -0.3 is 10.1 Å². The molecule has 0 spiro atoms. The van der Waals surface area contributed by atoms with Crippen LogP contribution in [-0.4, -0.2) is 34.5 Å². The van der Waals surface area contributed by atoms with Gasteiger partial charge in [-0.05, 0) is 31.5 Å². The van der Waals surface area contributed by atoms with Gasteiger partial charge in [0, 0.05) is 23.4 Å². The molecular weight excluding hydrogens is 401 g/mol. The normalized spacial score (nSPS) is 10.4. The molecule has 138 valence electrons. The van der Waals surface area contributed by atoms with Gasteiger partial charge in [-0.1, -0.05) is 34.5 Å². The Kier molecular flexibility index (Phi) is 7.50. The van der Waals surface area contributed by atoms with Crippen LogP contribution in [0.4, 0.5) is 5.13 Å². The van der Waals surface area contributed by atoms with Crippen molar-refractivity contribution in [2.24, 2.45) is 0 Å². The number of carbonyl (C=O) groups is 3. The molecule has 26 heavy (non-hydrogen) atoms. The zero-order chi connectivity index (χ0) is 19.1. The molecule has 7 nitrogen and oxygen atoms in total. The van der Waals surface area contributed by atoms with E-state index in [2.05, 4.69) is 15.5 Å². The maximum absolute atomic E-state index is 12.0. The number of nitrogens with zero attached hydrogens (tertiary/aromatic N) is 2. The van der Waals surface area contributed by atoms with Crippen LogP contribution < -0.4 is 5.32 Å². The average Bonchev–Trinajstić information content (AvgIpc) is 2.97. The van der Waals surface area contributed by atoms with Crippen LogP contribution in [0.1, 0.15) is 34.6 Å². The Bertz CT molecular complexity index is 826. The summed E-state index contributed by atoms with van der Waals surface area (Å²) in [7, 11) is 0. The van der Waals surface area contributed by atoms with Gasteiger partial charge in [-0.2, -0.15) is 0 Å². The molecule has 0 aliphatic rings. The van der Waals surface area contributed by atoms with E-state index in [1.54, 1.807) is 6.92 Å². The minimum atomic E-state index is -0.567. The van der Waals surface area contributed by atoms with Crippen LogP contribution >= 0.6 is 34.5 Å². The van der Waals surface area contributed by atoms with Crippen LogP contribution in [-0.2, 0) is 14.3 Å². The molecule has 2 rings (SSSR count). The van der Waals surface area contributed by atoms with Crippen molar-refractivity contribution in [2.45, 2.75) is 26.2 Å². The highest BCUT2D eigenvalue weighted by atomic mass is 35.5. The van der Waals surface area contributed by atoms with Crippen LogP contribution in [0.25, 0.3) is 0 Å². The average molecular weight is 416 g/mol. The van der Waals surface area contributed by atoms with Crippen molar-refractivity contribution >= 4 is 57.3 Å². The number of nitrogens with one attached hydrogen (secondary N) is 1. The van der Waals surface area contributed by atoms with Crippen molar-refractivity contribution in [3.8, 4) is 0 Å². The van der Waals surface area contributed by atoms with Gasteiger partial charge in [0.05, 0.1) is 5.02 Å². The topological polar surface area (TPSA) is 98.2 Å². The van der Waals surface area contributed by atoms with Crippen LogP contribution in [0.15, 0.2) is 18.2 Å². The van der Waals surface area contributed by atoms with Gasteiger partial charge in [0.2, 0.25) is 16.8 Å². The summed E-state index contributed by atoms with van der Waals surface area (Å²) in [4.78, 5) is 35.4. The summed E-state index contributed by atoms with van der Waals surface area (Å²) in [5.41, 5.74) is 0.232. The highest BCUT2D eigenvalue weighted by Gasteiger charge is 2.14. The molecule has 2 aromatic rings. The Morgan fingerprint density at radius 2 is 1.96 bits per heavy atom. The van der Waals surface area contributed by atoms with E-state index in [4.69, 9.17) is 27.9 Å². The Hall–Kier alpha value is -2.03. The fourth-order valence-corrected chi connectivity index (χ4v) is 3.06. The largest absolute Gasteiger partial charge is 0.457 e. The predicted molar refractivity (Wildman–Crippen MR) is 98.9 cm³/mol. The molecule has 1 heterocycles. The fourth-order valence-electron chi connectivity index (χ4n) is 1.93. The summed E-state index contributed by atoms with van der Waals surface area (Å²) in [5, 5.41) is 11.9. The van der Waals surface area contributed by atoms with E-state index >= 15 is 0 Å². The van der Waals surface area contributed by atoms with Crippen molar-refractivity contribution in [3.05, 3.63) is 38.8 Å². The van der Waals surface area contributed by atoms with E-state index < -0.39 is 18.4 Å². The Morgan fingerprint density at radius 1 is 1.19 bits per heavy atom. The maximum atomic E-state index is 12.0. The van der Waals surface area contributed by atoms with Gasteiger partial charge in [-0.15, -0.1) is 10.2 Å². The van der Waals surface area contributed by atoms with Crippen LogP contribution in [0.5, 0.6) is 0 Å². The Morgan fingerprint density at radius 3 is 2.62 bits per heavy atom. The smallest absolute Gasteiger partial charge is 0.306 e. The van der Waals surface area contributed by atoms with Gasteiger partial charge in [0.25, 0.3) is 0 Å². The third-order valence-electron chi connectivity index (χ3n) is 3.15. The molecule has 1 N–H and O–H groups in total. The van der Waals surface area contributed by atoms with Gasteiger partial charge in [0.1, 0.15) is 5.01 Å². The number of ketones is 1. The number of aromatic nitrogens is 2. The molecule has 0 aliphatic carbocycles. The lowest BCUT2D eigenvalue weighted by atomic mass is 10.1. The summed E-state index contributed by atoms with van der Waals surface area (Å²) >= 11 is 13.0. The molecule has 0 atom stereocenters. The number of benzene rings is 1. The summed E-state index contributed by atoms with van der Waals surface area (Å²) in [6, 6.07) is 4.44. The molecule has 0 bridgehead atoms. The van der Waals surface area contributed by atoms with Crippen LogP contribution in [0, 0.1) is 6.92 Å². The second kappa shape index (κ2) is 9.61. The minimum absolute atomic E-state index is 0.0181. The number of hydrogen-bond donors (Lipinski definition) is 1. The molecule has 0 fully saturated rings. The van der Waals surface area contributed by atoms with Crippen molar-refractivity contribution in [1.82, 2.24) is 10.2 Å². The first kappa shape index (κ1) is 20.3. The standard InChI is InChI=1S/C16H15Cl2N3O4S/c1-9-20-21-16(26-9)19-14(23)3-2-4-15(24)25-8-13(22)11-6-5-10(17)7-12(11)18/h5-7H,2-4,8H2,1H3,(H,19,21,23). The summed E-state index contributed by atoms with van der Waals surface area (Å²) in [6.07, 6.45) is 0.438. The summed E-state index contributed by atoms with van der Waals surface area (Å²) < 4.78 is 4.91. The molecule has 0 saturated heterocycles. The van der Waals surface area contributed by atoms with E-state index in [0.29, 0.717) is 16.6 Å². The molecule has 0 unspecified atom stereocenters. The van der Waals surface area contributed by atoms with E-state index in [1.807, 2.05) is 0 Å². The zero-order valence-electron chi connectivity index (χ0n) is 13.8. The summed E-state index contributed by atoms with van der Waals surface area (Å²) in [5.74, 6) is -1.26. The van der Waals surface area contributed by atoms with Crippen molar-refractivity contribution < 1.29 is 19.1 Å². The second-order valence-electron chi connectivity index (χ2n) is 5.24. The van der Waals surface area contributed by atoms with Crippen LogP contribution in [0.3, 0.4) is 0 Å². The maximum Gasteiger partial charge on any atom is 0.306 e. The second-order valence-corrected chi connectivity index (χ2v) is 7.26. The number of ether oxygens (including phenoxy) is 1. The van der Waals surface area contributed by atoms with Crippen molar-refractivity contribution in [2.75, 3.05) is 11.9 Å². The third kappa shape index (κ3) is 6.36. The van der Waals surface area contributed by atoms with E-state index in [9.17, 15) is 14.4 Å². The first-order valence-corrected chi connectivity index (χ1v) is 9.16. The minimum Gasteiger partial charge on any atom is -0.457 e. The summed E-state index contributed by atoms with van der Waals surface area (Å²) in [6.45, 7) is 1.36. The highest BCUT2D eigenvalue weighted by Crippen LogP contribution is 2.21. The lowest BCUT2D eigenvalue weighted by Gasteiger charge is -2.06. The number of halogens is 2. The zero-order valence-corrected chi connectivity index (χ0v) is 16.1. The SMILES string of the molecule is Cc1nnc(NC(=O)CCCC(=O)OCC(=O)c2ccc(Cl)cc2Cl)s1. The molecule has 0 saturated carbocycles. The van der Waals surface area contributed by atoms with Gasteiger partial charge in [-0.3, -0.25) is 14.4 Å². The number of hydrogen-bond acceptors (Lipinski definition) is 7.